The molecule has 0 bridgehead atoms. The number of unbranched alkanes of at least 4 members (excludes halogenated alkanes) is 4. The lowest BCUT2D eigenvalue weighted by atomic mass is 10.3. The van der Waals surface area contributed by atoms with Crippen molar-refractivity contribution in [2.75, 3.05) is 6.61 Å². The van der Waals surface area contributed by atoms with E-state index in [0.717, 1.165) is 19.8 Å². The number of carboxylic acid groups (broad SMARTS) is 1. The van der Waals surface area contributed by atoms with E-state index in [4.69, 9.17) is 14.6 Å². The van der Waals surface area contributed by atoms with Crippen molar-refractivity contribution in [3.8, 4) is 0 Å². The number of hydrogen-bond donors (Lipinski definition) is 1. The summed E-state index contributed by atoms with van der Waals surface area (Å²) in [7, 11) is 0. The summed E-state index contributed by atoms with van der Waals surface area (Å²) in [4.78, 5) is 19.2. The van der Waals surface area contributed by atoms with Crippen LogP contribution < -0.4 is 0 Å². The van der Waals surface area contributed by atoms with Crippen LogP contribution >= 0.6 is 0 Å². The lowest BCUT2D eigenvalue weighted by Crippen LogP contribution is -1.99. The Morgan fingerprint density at radius 2 is 1.28 bits per heavy atom. The predicted molar refractivity (Wildman–Crippen MR) is 74.7 cm³/mol. The average Bonchev–Trinajstić information content (AvgIpc) is 2.25. The molecule has 0 aliphatic heterocycles. The number of carbonyl (C=O) groups excluding carboxylic acids is 1. The topological polar surface area (TPSA) is 63.6 Å². The molecule has 0 aromatic heterocycles. The molecule has 0 amide bonds. The number of hydrogen-bond acceptors (Lipinski definition) is 3. The third-order valence-electron chi connectivity index (χ3n) is 1.76. The fraction of sp³-hybridized carbons (Fsp3) is 0.857. The fourth-order valence-corrected chi connectivity index (χ4v) is 0.922. The van der Waals surface area contributed by atoms with Crippen molar-refractivity contribution in [3.63, 3.8) is 0 Å². The molecular weight excluding hydrogens is 232 g/mol. The van der Waals surface area contributed by atoms with Crippen molar-refractivity contribution in [3.05, 3.63) is 0 Å². The van der Waals surface area contributed by atoms with Gasteiger partial charge in [-0.25, -0.2) is 0 Å². The second-order valence-corrected chi connectivity index (χ2v) is 3.92. The molecule has 0 atom stereocenters. The van der Waals surface area contributed by atoms with Crippen LogP contribution in [0.5, 0.6) is 0 Å². The number of aliphatic carboxylic acids is 1. The molecule has 0 aromatic carbocycles. The van der Waals surface area contributed by atoms with Gasteiger partial charge < -0.3 is 9.84 Å². The van der Waals surface area contributed by atoms with E-state index in [9.17, 15) is 4.79 Å². The highest BCUT2D eigenvalue weighted by Gasteiger charge is 1.89. The first-order valence-corrected chi connectivity index (χ1v) is 6.75. The first-order valence-electron chi connectivity index (χ1n) is 6.75. The fourth-order valence-electron chi connectivity index (χ4n) is 0.922. The van der Waals surface area contributed by atoms with Crippen LogP contribution in [0.2, 0.25) is 0 Å². The van der Waals surface area contributed by atoms with Crippen LogP contribution in [0.1, 0.15) is 73.1 Å². The van der Waals surface area contributed by atoms with Gasteiger partial charge in [0.1, 0.15) is 0 Å². The van der Waals surface area contributed by atoms with Crippen LogP contribution in [0.3, 0.4) is 0 Å². The lowest BCUT2D eigenvalue weighted by Gasteiger charge is -1.98. The lowest BCUT2D eigenvalue weighted by molar-refractivity contribution is -0.141. The highest BCUT2D eigenvalue weighted by Crippen LogP contribution is 1.93. The molecule has 1 N–H and O–H groups in total. The molecule has 0 aliphatic carbocycles. The number of carboxylic acids is 1. The molecule has 0 aliphatic rings. The Morgan fingerprint density at radius 1 is 0.889 bits per heavy atom. The molecule has 4 nitrogen and oxygen atoms in total. The first kappa shape index (κ1) is 22.1. The molecule has 0 aromatic rings. The van der Waals surface area contributed by atoms with Crippen molar-refractivity contribution in [2.45, 2.75) is 73.1 Å². The molecule has 4 heteroatoms. The summed E-state index contributed by atoms with van der Waals surface area (Å²) >= 11 is 0. The molecule has 0 fully saturated rings. The van der Waals surface area contributed by atoms with Crippen LogP contribution in [-0.4, -0.2) is 23.7 Å². The number of rotatable bonds is 6. The van der Waals surface area contributed by atoms with Crippen LogP contribution in [0, 0.1) is 0 Å². The van der Waals surface area contributed by atoms with Gasteiger partial charge in [0.2, 0.25) is 0 Å². The maximum Gasteiger partial charge on any atom is 0.302 e. The minimum absolute atomic E-state index is 0.175. The smallest absolute Gasteiger partial charge is 0.302 e. The van der Waals surface area contributed by atoms with Crippen LogP contribution in [0.15, 0.2) is 0 Å². The zero-order valence-electron chi connectivity index (χ0n) is 12.6. The van der Waals surface area contributed by atoms with E-state index < -0.39 is 5.97 Å². The number of ether oxygens (including phenoxy) is 1. The Hall–Kier alpha value is -1.06. The second-order valence-electron chi connectivity index (χ2n) is 3.92. The zero-order valence-corrected chi connectivity index (χ0v) is 12.6. The van der Waals surface area contributed by atoms with Crippen molar-refractivity contribution in [2.24, 2.45) is 0 Å². The largest absolute Gasteiger partial charge is 0.481 e. The summed E-state index contributed by atoms with van der Waals surface area (Å²) in [6.45, 7) is 9.65. The summed E-state index contributed by atoms with van der Waals surface area (Å²) in [5.41, 5.74) is 0. The van der Waals surface area contributed by atoms with Gasteiger partial charge in [0.05, 0.1) is 6.61 Å². The average molecular weight is 262 g/mol. The first-order chi connectivity index (χ1) is 8.42. The van der Waals surface area contributed by atoms with Gasteiger partial charge in [-0.05, 0) is 6.42 Å². The van der Waals surface area contributed by atoms with E-state index in [-0.39, 0.29) is 5.97 Å². The second kappa shape index (κ2) is 21.2. The van der Waals surface area contributed by atoms with Crippen molar-refractivity contribution in [1.29, 1.82) is 0 Å². The van der Waals surface area contributed by atoms with Gasteiger partial charge in [0.15, 0.2) is 0 Å². The maximum atomic E-state index is 10.2. The van der Waals surface area contributed by atoms with E-state index in [1.54, 1.807) is 0 Å². The predicted octanol–water partition coefficient (Wildman–Crippen LogP) is 4.03. The third-order valence-corrected chi connectivity index (χ3v) is 1.76. The molecule has 0 heterocycles. The Bertz CT molecular complexity index is 173. The Labute approximate surface area is 112 Å². The molecular formula is C14H30O4. The standard InChI is InChI=1S/C7H14O2.C5H12.C2H4O2/c1-3-4-5-6-9-7(2)8;1-3-5-4-2;1-2(3)4/h3-6H2,1-2H3;3-5H2,1-2H3;1H3,(H,3,4). The quantitative estimate of drug-likeness (QED) is 0.580. The Kier molecular flexibility index (Phi) is 26.1. The van der Waals surface area contributed by atoms with E-state index in [1.807, 2.05) is 0 Å². The maximum absolute atomic E-state index is 10.2. The van der Waals surface area contributed by atoms with Gasteiger partial charge in [-0.15, -0.1) is 0 Å². The van der Waals surface area contributed by atoms with Crippen molar-refractivity contribution >= 4 is 11.9 Å². The minimum Gasteiger partial charge on any atom is -0.481 e. The summed E-state index contributed by atoms with van der Waals surface area (Å²) in [5, 5.41) is 7.42. The molecule has 0 radical (unpaired) electrons. The van der Waals surface area contributed by atoms with Crippen molar-refractivity contribution in [1.82, 2.24) is 0 Å². The van der Waals surface area contributed by atoms with Gasteiger partial charge in [0.25, 0.3) is 5.97 Å². The highest BCUT2D eigenvalue weighted by molar-refractivity contribution is 5.65. The Morgan fingerprint density at radius 3 is 1.50 bits per heavy atom. The summed E-state index contributed by atoms with van der Waals surface area (Å²) in [6.07, 6.45) is 7.39. The molecule has 0 unspecified atom stereocenters. The van der Waals surface area contributed by atoms with Gasteiger partial charge >= 0.3 is 5.97 Å². The SMILES string of the molecule is CC(=O)O.CCCCC.CCCCCOC(C)=O. The zero-order chi connectivity index (χ0) is 14.8. The van der Waals surface area contributed by atoms with Crippen molar-refractivity contribution < 1.29 is 19.4 Å². The molecule has 0 spiro atoms. The van der Waals surface area contributed by atoms with Gasteiger partial charge in [-0.1, -0.05) is 52.9 Å². The van der Waals surface area contributed by atoms with E-state index in [2.05, 4.69) is 20.8 Å². The molecule has 18 heavy (non-hydrogen) atoms. The van der Waals surface area contributed by atoms with E-state index >= 15 is 0 Å². The summed E-state index contributed by atoms with van der Waals surface area (Å²) in [5.74, 6) is -1.01. The summed E-state index contributed by atoms with van der Waals surface area (Å²) < 4.78 is 4.70. The van der Waals surface area contributed by atoms with Crippen LogP contribution in [-0.2, 0) is 14.3 Å². The number of carbonyl (C=O) groups is 2. The van der Waals surface area contributed by atoms with Gasteiger partial charge in [-0.3, -0.25) is 9.59 Å². The van der Waals surface area contributed by atoms with Crippen LogP contribution in [0.4, 0.5) is 0 Å². The van der Waals surface area contributed by atoms with E-state index in [1.165, 1.54) is 32.6 Å². The van der Waals surface area contributed by atoms with Gasteiger partial charge in [0, 0.05) is 13.8 Å². The van der Waals surface area contributed by atoms with E-state index in [0.29, 0.717) is 6.61 Å². The van der Waals surface area contributed by atoms with Gasteiger partial charge in [-0.2, -0.15) is 0 Å². The monoisotopic (exact) mass is 262 g/mol. The molecule has 0 saturated heterocycles. The third kappa shape index (κ3) is 60.3. The molecule has 0 rings (SSSR count). The molecule has 0 saturated carbocycles. The normalized spacial score (nSPS) is 8.28. The molecule has 110 valence electrons. The summed E-state index contributed by atoms with van der Waals surface area (Å²) in [6, 6.07) is 0. The Balaban J connectivity index is -0.000000212. The van der Waals surface area contributed by atoms with Crippen LogP contribution in [0.25, 0.3) is 0 Å². The minimum atomic E-state index is -0.833. The number of esters is 1. The highest BCUT2D eigenvalue weighted by atomic mass is 16.5.